The van der Waals surface area contributed by atoms with Crippen molar-refractivity contribution in [2.24, 2.45) is 11.8 Å². The van der Waals surface area contributed by atoms with Crippen LogP contribution in [-0.2, 0) is 9.59 Å². The van der Waals surface area contributed by atoms with Gasteiger partial charge < -0.3 is 10.2 Å². The second kappa shape index (κ2) is 6.27. The van der Waals surface area contributed by atoms with Gasteiger partial charge in [-0.2, -0.15) is 0 Å². The van der Waals surface area contributed by atoms with Crippen molar-refractivity contribution < 1.29 is 9.59 Å². The average molecular weight is 295 g/mol. The fourth-order valence-electron chi connectivity index (χ4n) is 2.33. The maximum absolute atomic E-state index is 12.1. The van der Waals surface area contributed by atoms with Gasteiger partial charge in [-0.25, -0.2) is 0 Å². The highest BCUT2D eigenvalue weighted by Gasteiger charge is 2.49. The van der Waals surface area contributed by atoms with E-state index in [1.165, 1.54) is 0 Å². The van der Waals surface area contributed by atoms with Crippen LogP contribution >= 0.6 is 11.6 Å². The van der Waals surface area contributed by atoms with Crippen molar-refractivity contribution in [3.63, 3.8) is 0 Å². The molecule has 1 fully saturated rings. The largest absolute Gasteiger partial charge is 0.343 e. The molecule has 2 unspecified atom stereocenters. The van der Waals surface area contributed by atoms with E-state index in [-0.39, 0.29) is 23.7 Å². The summed E-state index contributed by atoms with van der Waals surface area (Å²) in [6.07, 6.45) is 0.641. The molecule has 1 aliphatic rings. The lowest BCUT2D eigenvalue weighted by molar-refractivity contribution is -0.133. The minimum Gasteiger partial charge on any atom is -0.343 e. The first-order chi connectivity index (χ1) is 9.56. The van der Waals surface area contributed by atoms with Crippen LogP contribution in [0.1, 0.15) is 20.3 Å². The number of hydrogen-bond donors (Lipinski definition) is 1. The van der Waals surface area contributed by atoms with E-state index in [2.05, 4.69) is 5.32 Å². The van der Waals surface area contributed by atoms with E-state index in [0.29, 0.717) is 30.2 Å². The van der Waals surface area contributed by atoms with Gasteiger partial charge in [0.25, 0.3) is 0 Å². The number of nitrogens with zero attached hydrogens (tertiary/aromatic N) is 1. The standard InChI is InChI=1S/C15H19ClN2O2/c1-3-18(4-2)15(20)13-9-12(13)14(19)17-11-7-5-6-10(16)8-11/h5-8,12-13H,3-4,9H2,1-2H3,(H,17,19). The zero-order chi connectivity index (χ0) is 14.7. The van der Waals surface area contributed by atoms with E-state index in [0.717, 1.165) is 0 Å². The topological polar surface area (TPSA) is 49.4 Å². The molecule has 0 heterocycles. The Kier molecular flexibility index (Phi) is 4.65. The monoisotopic (exact) mass is 294 g/mol. The summed E-state index contributed by atoms with van der Waals surface area (Å²) in [4.78, 5) is 26.0. The van der Waals surface area contributed by atoms with Crippen LogP contribution in [0.25, 0.3) is 0 Å². The lowest BCUT2D eigenvalue weighted by Crippen LogP contribution is -2.33. The van der Waals surface area contributed by atoms with Crippen molar-refractivity contribution in [3.05, 3.63) is 29.3 Å². The molecule has 2 rings (SSSR count). The van der Waals surface area contributed by atoms with Gasteiger partial charge in [0, 0.05) is 23.8 Å². The summed E-state index contributed by atoms with van der Waals surface area (Å²) in [7, 11) is 0. The number of nitrogens with one attached hydrogen (secondary N) is 1. The zero-order valence-corrected chi connectivity index (χ0v) is 12.5. The molecule has 1 saturated carbocycles. The van der Waals surface area contributed by atoms with E-state index in [4.69, 9.17) is 11.6 Å². The van der Waals surface area contributed by atoms with Crippen LogP contribution in [0.2, 0.25) is 5.02 Å². The predicted molar refractivity (Wildman–Crippen MR) is 79.6 cm³/mol. The van der Waals surface area contributed by atoms with Gasteiger partial charge in [0.05, 0.1) is 11.8 Å². The number of anilines is 1. The molecule has 0 aromatic heterocycles. The minimum absolute atomic E-state index is 0.0845. The van der Waals surface area contributed by atoms with Gasteiger partial charge in [-0.15, -0.1) is 0 Å². The number of benzene rings is 1. The van der Waals surface area contributed by atoms with Crippen molar-refractivity contribution in [1.29, 1.82) is 0 Å². The van der Waals surface area contributed by atoms with Crippen LogP contribution in [0.15, 0.2) is 24.3 Å². The summed E-state index contributed by atoms with van der Waals surface area (Å²) in [6, 6.07) is 7.01. The summed E-state index contributed by atoms with van der Waals surface area (Å²) in [5, 5.41) is 3.39. The molecule has 2 amide bonds. The third-order valence-corrected chi connectivity index (χ3v) is 3.85. The van der Waals surface area contributed by atoms with Crippen molar-refractivity contribution in [3.8, 4) is 0 Å². The van der Waals surface area contributed by atoms with Crippen molar-refractivity contribution in [2.45, 2.75) is 20.3 Å². The molecule has 1 aliphatic carbocycles. The van der Waals surface area contributed by atoms with Crippen molar-refractivity contribution in [1.82, 2.24) is 4.90 Å². The second-order valence-corrected chi connectivity index (χ2v) is 5.40. The Morgan fingerprint density at radius 1 is 1.30 bits per heavy atom. The van der Waals surface area contributed by atoms with Gasteiger partial charge in [0.2, 0.25) is 11.8 Å². The van der Waals surface area contributed by atoms with E-state index < -0.39 is 0 Å². The number of carbonyl (C=O) groups excluding carboxylic acids is 2. The molecule has 1 N–H and O–H groups in total. The Morgan fingerprint density at radius 2 is 2.00 bits per heavy atom. The van der Waals surface area contributed by atoms with Crippen LogP contribution < -0.4 is 5.32 Å². The number of carbonyl (C=O) groups is 2. The first kappa shape index (κ1) is 14.9. The zero-order valence-electron chi connectivity index (χ0n) is 11.7. The highest BCUT2D eigenvalue weighted by molar-refractivity contribution is 6.30. The smallest absolute Gasteiger partial charge is 0.228 e. The molecule has 20 heavy (non-hydrogen) atoms. The molecule has 0 saturated heterocycles. The van der Waals surface area contributed by atoms with E-state index in [1.807, 2.05) is 13.8 Å². The van der Waals surface area contributed by atoms with Gasteiger partial charge in [-0.3, -0.25) is 9.59 Å². The van der Waals surface area contributed by atoms with Crippen LogP contribution in [0.3, 0.4) is 0 Å². The summed E-state index contributed by atoms with van der Waals surface area (Å²) in [6.45, 7) is 5.28. The average Bonchev–Trinajstić information content (AvgIpc) is 3.20. The third kappa shape index (κ3) is 3.31. The first-order valence-corrected chi connectivity index (χ1v) is 7.29. The maximum atomic E-state index is 12.1. The SMILES string of the molecule is CCN(CC)C(=O)C1CC1C(=O)Nc1cccc(Cl)c1. The van der Waals surface area contributed by atoms with Crippen LogP contribution in [-0.4, -0.2) is 29.8 Å². The molecule has 0 spiro atoms. The fourth-order valence-corrected chi connectivity index (χ4v) is 2.52. The van der Waals surface area contributed by atoms with Gasteiger partial charge in [0.1, 0.15) is 0 Å². The van der Waals surface area contributed by atoms with Crippen LogP contribution in [0.4, 0.5) is 5.69 Å². The molecule has 4 nitrogen and oxygen atoms in total. The first-order valence-electron chi connectivity index (χ1n) is 6.92. The number of amides is 2. The van der Waals surface area contributed by atoms with Crippen LogP contribution in [0, 0.1) is 11.8 Å². The van der Waals surface area contributed by atoms with Gasteiger partial charge >= 0.3 is 0 Å². The second-order valence-electron chi connectivity index (χ2n) is 4.96. The molecular formula is C15H19ClN2O2. The summed E-state index contributed by atoms with van der Waals surface area (Å²) in [5.74, 6) is -0.379. The Morgan fingerprint density at radius 3 is 2.60 bits per heavy atom. The van der Waals surface area contributed by atoms with Crippen molar-refractivity contribution >= 4 is 29.1 Å². The summed E-state index contributed by atoms with van der Waals surface area (Å²) >= 11 is 5.87. The van der Waals surface area contributed by atoms with Crippen LogP contribution in [0.5, 0.6) is 0 Å². The molecule has 1 aromatic rings. The lowest BCUT2D eigenvalue weighted by atomic mass is 10.2. The van der Waals surface area contributed by atoms with Crippen molar-refractivity contribution in [2.75, 3.05) is 18.4 Å². The Balaban J connectivity index is 1.91. The number of rotatable bonds is 5. The quantitative estimate of drug-likeness (QED) is 0.908. The molecular weight excluding hydrogens is 276 g/mol. The summed E-state index contributed by atoms with van der Waals surface area (Å²) in [5.41, 5.74) is 0.670. The highest BCUT2D eigenvalue weighted by atomic mass is 35.5. The van der Waals surface area contributed by atoms with E-state index in [1.54, 1.807) is 29.2 Å². The summed E-state index contributed by atoms with van der Waals surface area (Å²) < 4.78 is 0. The van der Waals surface area contributed by atoms with Gasteiger partial charge in [0.15, 0.2) is 0 Å². The Bertz CT molecular complexity index is 514. The minimum atomic E-state index is -0.206. The maximum Gasteiger partial charge on any atom is 0.228 e. The normalized spacial score (nSPS) is 20.4. The highest BCUT2D eigenvalue weighted by Crippen LogP contribution is 2.40. The molecule has 0 bridgehead atoms. The Hall–Kier alpha value is -1.55. The lowest BCUT2D eigenvalue weighted by Gasteiger charge is -2.18. The third-order valence-electron chi connectivity index (χ3n) is 3.61. The number of halogens is 1. The number of hydrogen-bond acceptors (Lipinski definition) is 2. The molecule has 5 heteroatoms. The van der Waals surface area contributed by atoms with E-state index >= 15 is 0 Å². The molecule has 108 valence electrons. The fraction of sp³-hybridized carbons (Fsp3) is 0.467. The Labute approximate surface area is 124 Å². The van der Waals surface area contributed by atoms with Gasteiger partial charge in [-0.05, 0) is 38.5 Å². The molecule has 2 atom stereocenters. The molecule has 0 radical (unpaired) electrons. The molecule has 0 aliphatic heterocycles. The predicted octanol–water partition coefficient (Wildman–Crippen LogP) is 2.78. The molecule has 1 aromatic carbocycles. The van der Waals surface area contributed by atoms with Gasteiger partial charge in [-0.1, -0.05) is 17.7 Å². The van der Waals surface area contributed by atoms with E-state index in [9.17, 15) is 9.59 Å².